The van der Waals surface area contributed by atoms with Gasteiger partial charge in [-0.05, 0) is 25.0 Å². The Morgan fingerprint density at radius 2 is 1.80 bits per heavy atom. The average molecular weight is 485 g/mol. The molecule has 0 bridgehead atoms. The second-order valence-electron chi connectivity index (χ2n) is 8.19. The van der Waals surface area contributed by atoms with E-state index in [9.17, 15) is 4.79 Å². The Kier molecular flexibility index (Phi) is 9.13. The van der Waals surface area contributed by atoms with Gasteiger partial charge in [0.25, 0.3) is 0 Å². The summed E-state index contributed by atoms with van der Waals surface area (Å²) < 4.78 is 18.2. The Labute approximate surface area is 206 Å². The van der Waals surface area contributed by atoms with Crippen LogP contribution in [0.4, 0.5) is 17.5 Å². The van der Waals surface area contributed by atoms with Gasteiger partial charge in [0.1, 0.15) is 11.3 Å². The number of anilines is 3. The quantitative estimate of drug-likeness (QED) is 0.328. The summed E-state index contributed by atoms with van der Waals surface area (Å²) in [5, 5.41) is 6.29. The summed E-state index contributed by atoms with van der Waals surface area (Å²) in [6, 6.07) is 7.22. The molecule has 2 heterocycles. The van der Waals surface area contributed by atoms with E-state index in [0.717, 1.165) is 25.7 Å². The minimum absolute atomic E-state index is 0.00605. The van der Waals surface area contributed by atoms with Crippen molar-refractivity contribution in [3.63, 3.8) is 0 Å². The highest BCUT2D eigenvalue weighted by Gasteiger charge is 2.19. The Morgan fingerprint density at radius 1 is 1.09 bits per heavy atom. The van der Waals surface area contributed by atoms with Crippen molar-refractivity contribution in [3.05, 3.63) is 24.3 Å². The summed E-state index contributed by atoms with van der Waals surface area (Å²) in [7, 11) is 4.69. The average Bonchev–Trinajstić information content (AvgIpc) is 3.20. The highest BCUT2D eigenvalue weighted by molar-refractivity contribution is 5.92. The van der Waals surface area contributed by atoms with E-state index in [1.807, 2.05) is 17.6 Å². The fourth-order valence-corrected chi connectivity index (χ4v) is 3.99. The minimum atomic E-state index is -0.0290. The molecule has 10 heteroatoms. The summed E-state index contributed by atoms with van der Waals surface area (Å²) in [6.45, 7) is 5.04. The zero-order chi connectivity index (χ0) is 25.4. The molecule has 0 spiro atoms. The number of ether oxygens (including phenoxy) is 3. The number of rotatable bonds is 13. The van der Waals surface area contributed by atoms with Gasteiger partial charge in [0.05, 0.1) is 21.3 Å². The predicted molar refractivity (Wildman–Crippen MR) is 138 cm³/mol. The van der Waals surface area contributed by atoms with Crippen molar-refractivity contribution in [3.8, 4) is 17.2 Å². The SMILES string of the molecule is CCCCC(CC)C(=O)Nc1ccc2nc(Nc3cc(OC)c(OC)c(OC)c3)n(CCN)c2n1. The monoisotopic (exact) mass is 484 g/mol. The lowest BCUT2D eigenvalue weighted by molar-refractivity contribution is -0.120. The smallest absolute Gasteiger partial charge is 0.228 e. The number of aromatic nitrogens is 3. The lowest BCUT2D eigenvalue weighted by Crippen LogP contribution is -2.23. The van der Waals surface area contributed by atoms with Gasteiger partial charge in [-0.3, -0.25) is 9.36 Å². The number of carbonyl (C=O) groups excluding carboxylic acids is 1. The molecule has 0 aliphatic heterocycles. The van der Waals surface area contributed by atoms with E-state index >= 15 is 0 Å². The number of fused-ring (bicyclic) bond motifs is 1. The third kappa shape index (κ3) is 5.94. The van der Waals surface area contributed by atoms with Crippen LogP contribution in [0.3, 0.4) is 0 Å². The van der Waals surface area contributed by atoms with Crippen LogP contribution in [0, 0.1) is 5.92 Å². The summed E-state index contributed by atoms with van der Waals surface area (Å²) in [5.41, 5.74) is 7.91. The number of nitrogens with one attached hydrogen (secondary N) is 2. The second kappa shape index (κ2) is 12.3. The number of nitrogens with zero attached hydrogens (tertiary/aromatic N) is 3. The van der Waals surface area contributed by atoms with E-state index in [0.29, 0.717) is 59.0 Å². The first-order valence-electron chi connectivity index (χ1n) is 11.9. The third-order valence-electron chi connectivity index (χ3n) is 5.89. The number of pyridine rings is 1. The van der Waals surface area contributed by atoms with Gasteiger partial charge in [-0.2, -0.15) is 0 Å². The fourth-order valence-electron chi connectivity index (χ4n) is 3.99. The maximum Gasteiger partial charge on any atom is 0.228 e. The number of amides is 1. The first-order valence-corrected chi connectivity index (χ1v) is 11.9. The summed E-state index contributed by atoms with van der Waals surface area (Å²) in [6.07, 6.45) is 3.75. The van der Waals surface area contributed by atoms with Crippen LogP contribution in [0.15, 0.2) is 24.3 Å². The Morgan fingerprint density at radius 3 is 2.37 bits per heavy atom. The van der Waals surface area contributed by atoms with Crippen LogP contribution in [0.1, 0.15) is 39.5 Å². The van der Waals surface area contributed by atoms with Crippen molar-refractivity contribution < 1.29 is 19.0 Å². The lowest BCUT2D eigenvalue weighted by atomic mass is 9.98. The van der Waals surface area contributed by atoms with Gasteiger partial charge in [-0.25, -0.2) is 9.97 Å². The number of unbranched alkanes of at least 4 members (excludes halogenated alkanes) is 1. The topological polar surface area (TPSA) is 126 Å². The molecule has 3 aromatic rings. The molecular weight excluding hydrogens is 448 g/mol. The number of methoxy groups -OCH3 is 3. The summed E-state index contributed by atoms with van der Waals surface area (Å²) >= 11 is 0. The van der Waals surface area contributed by atoms with Gasteiger partial charge in [-0.15, -0.1) is 0 Å². The molecule has 0 saturated heterocycles. The van der Waals surface area contributed by atoms with Crippen molar-refractivity contribution in [2.24, 2.45) is 11.7 Å². The van der Waals surface area contributed by atoms with Gasteiger partial charge in [-0.1, -0.05) is 26.7 Å². The minimum Gasteiger partial charge on any atom is -0.493 e. The normalized spacial score (nSPS) is 11.8. The van der Waals surface area contributed by atoms with Gasteiger partial charge < -0.3 is 30.6 Å². The van der Waals surface area contributed by atoms with Gasteiger partial charge in [0.15, 0.2) is 17.1 Å². The molecule has 1 atom stereocenters. The maximum atomic E-state index is 12.8. The molecule has 2 aromatic heterocycles. The maximum absolute atomic E-state index is 12.8. The largest absolute Gasteiger partial charge is 0.493 e. The van der Waals surface area contributed by atoms with Gasteiger partial charge >= 0.3 is 0 Å². The van der Waals surface area contributed by atoms with E-state index in [2.05, 4.69) is 17.6 Å². The first-order chi connectivity index (χ1) is 17.0. The molecule has 35 heavy (non-hydrogen) atoms. The zero-order valence-electron chi connectivity index (χ0n) is 21.2. The van der Waals surface area contributed by atoms with Crippen molar-refractivity contribution >= 4 is 34.5 Å². The molecule has 1 amide bonds. The number of benzene rings is 1. The lowest BCUT2D eigenvalue weighted by Gasteiger charge is -2.15. The van der Waals surface area contributed by atoms with E-state index in [1.165, 1.54) is 0 Å². The highest BCUT2D eigenvalue weighted by atomic mass is 16.5. The molecule has 0 aliphatic rings. The predicted octanol–water partition coefficient (Wildman–Crippen LogP) is 4.31. The highest BCUT2D eigenvalue weighted by Crippen LogP contribution is 2.40. The summed E-state index contributed by atoms with van der Waals surface area (Å²) in [5.74, 6) is 2.56. The fraction of sp³-hybridized carbons (Fsp3) is 0.480. The van der Waals surface area contributed by atoms with E-state index < -0.39 is 0 Å². The van der Waals surface area contributed by atoms with Gasteiger partial charge in [0, 0.05) is 36.8 Å². The van der Waals surface area contributed by atoms with Gasteiger partial charge in [0.2, 0.25) is 17.6 Å². The van der Waals surface area contributed by atoms with Crippen LogP contribution in [0.2, 0.25) is 0 Å². The standard InChI is InChI=1S/C25H36N6O4/c1-6-8-9-16(7-2)24(32)30-21-11-10-18-23(29-21)31(13-12-26)25(28-18)27-17-14-19(33-3)22(35-5)20(15-17)34-4/h10-11,14-16H,6-9,12-13,26H2,1-5H3,(H,27,28)(H,29,30,32). The van der Waals surface area contributed by atoms with Crippen LogP contribution >= 0.6 is 0 Å². The number of carbonyl (C=O) groups is 1. The Bertz CT molecular complexity index is 1120. The van der Waals surface area contributed by atoms with Crippen LogP contribution in [-0.4, -0.2) is 48.3 Å². The molecule has 190 valence electrons. The van der Waals surface area contributed by atoms with Crippen molar-refractivity contribution in [1.29, 1.82) is 0 Å². The van der Waals surface area contributed by atoms with Crippen LogP contribution < -0.4 is 30.6 Å². The first kappa shape index (κ1) is 26.1. The summed E-state index contributed by atoms with van der Waals surface area (Å²) in [4.78, 5) is 22.2. The molecular formula is C25H36N6O4. The van der Waals surface area contributed by atoms with Crippen molar-refractivity contribution in [1.82, 2.24) is 14.5 Å². The molecule has 0 saturated carbocycles. The van der Waals surface area contributed by atoms with Crippen LogP contribution in [-0.2, 0) is 11.3 Å². The number of imidazole rings is 1. The number of nitrogens with two attached hydrogens (primary N) is 1. The Hall–Kier alpha value is -3.53. The van der Waals surface area contributed by atoms with Crippen molar-refractivity contribution in [2.75, 3.05) is 38.5 Å². The molecule has 0 fully saturated rings. The third-order valence-corrected chi connectivity index (χ3v) is 5.89. The molecule has 3 rings (SSSR count). The van der Waals surface area contributed by atoms with Crippen LogP contribution in [0.25, 0.3) is 11.2 Å². The molecule has 0 radical (unpaired) electrons. The molecule has 1 unspecified atom stereocenters. The molecule has 1 aromatic carbocycles. The number of hydrogen-bond acceptors (Lipinski definition) is 8. The molecule has 10 nitrogen and oxygen atoms in total. The molecule has 0 aliphatic carbocycles. The molecule has 4 N–H and O–H groups in total. The number of hydrogen-bond donors (Lipinski definition) is 3. The Balaban J connectivity index is 1.93. The second-order valence-corrected chi connectivity index (χ2v) is 8.19. The van der Waals surface area contributed by atoms with Crippen molar-refractivity contribution in [2.45, 2.75) is 46.1 Å². The zero-order valence-corrected chi connectivity index (χ0v) is 21.2. The van der Waals surface area contributed by atoms with E-state index in [1.54, 1.807) is 39.5 Å². The van der Waals surface area contributed by atoms with E-state index in [-0.39, 0.29) is 11.8 Å². The van der Waals surface area contributed by atoms with E-state index in [4.69, 9.17) is 29.9 Å². The van der Waals surface area contributed by atoms with Crippen LogP contribution in [0.5, 0.6) is 17.2 Å².